The van der Waals surface area contributed by atoms with E-state index in [-0.39, 0.29) is 0 Å². The quantitative estimate of drug-likeness (QED) is 0.408. The van der Waals surface area contributed by atoms with Gasteiger partial charge in [-0.2, -0.15) is 0 Å². The predicted octanol–water partition coefficient (Wildman–Crippen LogP) is 4.75. The maximum Gasteiger partial charge on any atom is 0.247 e. The Morgan fingerprint density at radius 1 is 1.03 bits per heavy atom. The number of hydrogen-bond donors (Lipinski definition) is 0. The minimum absolute atomic E-state index is 0.430. The second kappa shape index (κ2) is 11.4. The molecule has 8 heteroatoms. The highest BCUT2D eigenvalue weighted by Gasteiger charge is 2.34. The minimum Gasteiger partial charge on any atom is -0.497 e. The van der Waals surface area contributed by atoms with Crippen molar-refractivity contribution in [3.8, 4) is 17.2 Å². The summed E-state index contributed by atoms with van der Waals surface area (Å²) in [7, 11) is 1.66. The van der Waals surface area contributed by atoms with E-state index in [1.807, 2.05) is 42.7 Å². The molecule has 2 aromatic heterocycles. The Labute approximate surface area is 219 Å². The van der Waals surface area contributed by atoms with E-state index in [4.69, 9.17) is 9.15 Å². The third kappa shape index (κ3) is 6.01. The molecule has 3 heterocycles. The van der Waals surface area contributed by atoms with Crippen LogP contribution in [0.3, 0.4) is 0 Å². The highest BCUT2D eigenvalue weighted by atomic mass is 16.5. The molecule has 0 spiro atoms. The molecule has 0 amide bonds. The van der Waals surface area contributed by atoms with Crippen molar-refractivity contribution in [2.24, 2.45) is 23.7 Å². The minimum atomic E-state index is 0.430. The molecular formula is C29H38N6O2. The zero-order valence-corrected chi connectivity index (χ0v) is 22.4. The number of anilines is 1. The van der Waals surface area contributed by atoms with E-state index < -0.39 is 0 Å². The number of benzene rings is 1. The first-order chi connectivity index (χ1) is 18.0. The molecule has 1 aliphatic heterocycles. The van der Waals surface area contributed by atoms with Crippen molar-refractivity contribution in [3.63, 3.8) is 0 Å². The van der Waals surface area contributed by atoms with Gasteiger partial charge in [0, 0.05) is 57.1 Å². The van der Waals surface area contributed by atoms with Gasteiger partial charge in [-0.05, 0) is 67.3 Å². The van der Waals surface area contributed by atoms with E-state index in [2.05, 4.69) is 56.8 Å². The molecule has 3 aromatic rings. The summed E-state index contributed by atoms with van der Waals surface area (Å²) in [6.07, 6.45) is 8.12. The van der Waals surface area contributed by atoms with Gasteiger partial charge in [-0.25, -0.2) is 9.97 Å². The van der Waals surface area contributed by atoms with Gasteiger partial charge in [-0.15, -0.1) is 10.2 Å². The Bertz CT molecular complexity index is 1170. The number of methoxy groups -OCH3 is 1. The van der Waals surface area contributed by atoms with Gasteiger partial charge in [-0.3, -0.25) is 4.90 Å². The number of ether oxygens (including phenoxy) is 1. The van der Waals surface area contributed by atoms with E-state index in [0.29, 0.717) is 35.5 Å². The number of allylic oxidation sites excluding steroid dienone is 1. The number of nitrogens with zero attached hydrogens (tertiary/aromatic N) is 6. The van der Waals surface area contributed by atoms with Crippen molar-refractivity contribution in [1.29, 1.82) is 0 Å². The average molecular weight is 503 g/mol. The van der Waals surface area contributed by atoms with Crippen molar-refractivity contribution in [3.05, 3.63) is 60.3 Å². The molecule has 196 valence electrons. The molecule has 37 heavy (non-hydrogen) atoms. The fraction of sp³-hybridized carbons (Fsp3) is 0.517. The summed E-state index contributed by atoms with van der Waals surface area (Å²) in [5, 5.41) is 8.69. The van der Waals surface area contributed by atoms with Crippen LogP contribution in [0.2, 0.25) is 0 Å². The van der Waals surface area contributed by atoms with Gasteiger partial charge in [0.1, 0.15) is 5.75 Å². The van der Waals surface area contributed by atoms with Crippen LogP contribution in [0, 0.1) is 23.7 Å². The summed E-state index contributed by atoms with van der Waals surface area (Å²) in [5.41, 5.74) is 2.36. The lowest BCUT2D eigenvalue weighted by Crippen LogP contribution is -2.49. The SMILES string of the molecule is COc1ccc(-c2nnc(CC3CC(C(C)C)C(CN4CCN(c5ncccn5)CC4)C=C3C)o2)cc1. The molecule has 0 N–H and O–H groups in total. The fourth-order valence-corrected chi connectivity index (χ4v) is 5.77. The summed E-state index contributed by atoms with van der Waals surface area (Å²) in [5.74, 6) is 5.18. The summed E-state index contributed by atoms with van der Waals surface area (Å²) in [6, 6.07) is 9.60. The standard InChI is InChI=1S/C29H38N6O2/c1-20(2)26-17-23(18-27-32-33-28(37-27)22-6-8-25(36-4)9-7-22)21(3)16-24(26)19-34-12-14-35(15-13-34)29-30-10-5-11-31-29/h5-11,16,20,23-24,26H,12-15,17-19H2,1-4H3. The molecule has 3 atom stereocenters. The first-order valence-electron chi connectivity index (χ1n) is 13.4. The number of aromatic nitrogens is 4. The maximum absolute atomic E-state index is 6.07. The maximum atomic E-state index is 6.07. The van der Waals surface area contributed by atoms with Crippen LogP contribution in [0.1, 0.15) is 33.1 Å². The number of hydrogen-bond acceptors (Lipinski definition) is 8. The summed E-state index contributed by atoms with van der Waals surface area (Å²) in [6.45, 7) is 12.2. The van der Waals surface area contributed by atoms with Gasteiger partial charge in [0.25, 0.3) is 0 Å². The normalized spacial score (nSPS) is 22.8. The third-order valence-electron chi connectivity index (χ3n) is 7.98. The number of rotatable bonds is 8. The highest BCUT2D eigenvalue weighted by Crippen LogP contribution is 2.39. The molecule has 8 nitrogen and oxygen atoms in total. The van der Waals surface area contributed by atoms with Crippen LogP contribution < -0.4 is 9.64 Å². The van der Waals surface area contributed by atoms with E-state index in [1.54, 1.807) is 7.11 Å². The van der Waals surface area contributed by atoms with Crippen molar-refractivity contribution in [2.45, 2.75) is 33.6 Å². The Hall–Kier alpha value is -3.26. The van der Waals surface area contributed by atoms with Crippen molar-refractivity contribution in [1.82, 2.24) is 25.1 Å². The Morgan fingerprint density at radius 2 is 1.76 bits per heavy atom. The van der Waals surface area contributed by atoms with Crippen molar-refractivity contribution < 1.29 is 9.15 Å². The Morgan fingerprint density at radius 3 is 2.43 bits per heavy atom. The molecule has 0 radical (unpaired) electrons. The summed E-state index contributed by atoms with van der Waals surface area (Å²) in [4.78, 5) is 13.7. The highest BCUT2D eigenvalue weighted by molar-refractivity contribution is 5.53. The van der Waals surface area contributed by atoms with Crippen LogP contribution in [-0.2, 0) is 6.42 Å². The zero-order valence-electron chi connectivity index (χ0n) is 22.4. The van der Waals surface area contributed by atoms with Crippen LogP contribution in [0.4, 0.5) is 5.95 Å². The molecule has 3 unspecified atom stereocenters. The van der Waals surface area contributed by atoms with Crippen LogP contribution >= 0.6 is 0 Å². The molecule has 1 aromatic carbocycles. The number of piperazine rings is 1. The van der Waals surface area contributed by atoms with E-state index in [0.717, 1.165) is 62.8 Å². The van der Waals surface area contributed by atoms with Crippen molar-refractivity contribution >= 4 is 5.95 Å². The lowest BCUT2D eigenvalue weighted by Gasteiger charge is -2.41. The first-order valence-corrected chi connectivity index (χ1v) is 13.4. The van der Waals surface area contributed by atoms with Gasteiger partial charge < -0.3 is 14.1 Å². The van der Waals surface area contributed by atoms with Crippen LogP contribution in [0.5, 0.6) is 5.75 Å². The third-order valence-corrected chi connectivity index (χ3v) is 7.98. The molecule has 0 saturated carbocycles. The van der Waals surface area contributed by atoms with E-state index in [9.17, 15) is 0 Å². The molecule has 0 bridgehead atoms. The second-order valence-electron chi connectivity index (χ2n) is 10.7. The van der Waals surface area contributed by atoms with Gasteiger partial charge in [-0.1, -0.05) is 25.5 Å². The van der Waals surface area contributed by atoms with Gasteiger partial charge >= 0.3 is 0 Å². The summed E-state index contributed by atoms with van der Waals surface area (Å²) < 4.78 is 11.3. The molecule has 2 aliphatic rings. The van der Waals surface area contributed by atoms with Gasteiger partial charge in [0.15, 0.2) is 0 Å². The smallest absolute Gasteiger partial charge is 0.247 e. The van der Waals surface area contributed by atoms with Gasteiger partial charge in [0.05, 0.1) is 7.11 Å². The lowest BCUT2D eigenvalue weighted by atomic mass is 9.69. The topological polar surface area (TPSA) is 80.4 Å². The molecular weight excluding hydrogens is 464 g/mol. The largest absolute Gasteiger partial charge is 0.497 e. The Kier molecular flexibility index (Phi) is 7.84. The monoisotopic (exact) mass is 502 g/mol. The predicted molar refractivity (Wildman–Crippen MR) is 144 cm³/mol. The van der Waals surface area contributed by atoms with Crippen LogP contribution in [0.15, 0.2) is 58.8 Å². The fourth-order valence-electron chi connectivity index (χ4n) is 5.77. The van der Waals surface area contributed by atoms with Gasteiger partial charge in [0.2, 0.25) is 17.7 Å². The molecule has 1 aliphatic carbocycles. The van der Waals surface area contributed by atoms with Crippen LogP contribution in [0.25, 0.3) is 11.5 Å². The molecule has 5 rings (SSSR count). The summed E-state index contributed by atoms with van der Waals surface area (Å²) >= 11 is 0. The van der Waals surface area contributed by atoms with Crippen LogP contribution in [-0.4, -0.2) is 64.9 Å². The average Bonchev–Trinajstić information content (AvgIpc) is 3.39. The Balaban J connectivity index is 1.21. The second-order valence-corrected chi connectivity index (χ2v) is 10.7. The van der Waals surface area contributed by atoms with E-state index >= 15 is 0 Å². The van der Waals surface area contributed by atoms with Crippen molar-refractivity contribution in [2.75, 3.05) is 44.7 Å². The zero-order chi connectivity index (χ0) is 25.8. The first kappa shape index (κ1) is 25.4. The van der Waals surface area contributed by atoms with E-state index in [1.165, 1.54) is 5.57 Å². The lowest BCUT2D eigenvalue weighted by molar-refractivity contribution is 0.154. The molecule has 1 saturated heterocycles. The molecule has 1 fully saturated rings.